The predicted molar refractivity (Wildman–Crippen MR) is 87.6 cm³/mol. The Labute approximate surface area is 130 Å². The number of halogens is 2. The second-order valence-electron chi connectivity index (χ2n) is 4.43. The molecule has 0 saturated heterocycles. The number of anilines is 1. The lowest BCUT2D eigenvalue weighted by molar-refractivity contribution is 0.820. The van der Waals surface area contributed by atoms with E-state index in [0.29, 0.717) is 11.0 Å². The Balaban J connectivity index is 2.33. The van der Waals surface area contributed by atoms with Gasteiger partial charge in [-0.2, -0.15) is 0 Å². The average molecular weight is 393 g/mol. The van der Waals surface area contributed by atoms with Crippen molar-refractivity contribution >= 4 is 50.7 Å². The first-order valence-corrected chi connectivity index (χ1v) is 7.93. The van der Waals surface area contributed by atoms with Crippen LogP contribution in [0.25, 0.3) is 0 Å². The number of nitrogen functional groups attached to an aromatic ring is 1. The van der Waals surface area contributed by atoms with Crippen LogP contribution in [0.3, 0.4) is 0 Å². The molecule has 2 nitrogen and oxygen atoms in total. The van der Waals surface area contributed by atoms with E-state index in [2.05, 4.69) is 53.6 Å². The molecule has 0 fully saturated rings. The highest BCUT2D eigenvalue weighted by Crippen LogP contribution is 2.31. The second-order valence-corrected chi connectivity index (χ2v) is 7.20. The maximum atomic E-state index is 6.27. The van der Waals surface area contributed by atoms with Crippen molar-refractivity contribution < 1.29 is 0 Å². The van der Waals surface area contributed by atoms with E-state index in [4.69, 9.17) is 17.3 Å². The van der Waals surface area contributed by atoms with Gasteiger partial charge in [0.25, 0.3) is 0 Å². The minimum Gasteiger partial charge on any atom is -0.375 e. The molecule has 1 aromatic heterocycles. The molecule has 0 aliphatic heterocycles. The van der Waals surface area contributed by atoms with Gasteiger partial charge in [-0.3, -0.25) is 0 Å². The van der Waals surface area contributed by atoms with Gasteiger partial charge in [0.1, 0.15) is 0 Å². The molecular formula is C13H14ClIN2S. The summed E-state index contributed by atoms with van der Waals surface area (Å²) >= 11 is 10.1. The van der Waals surface area contributed by atoms with Gasteiger partial charge < -0.3 is 5.73 Å². The maximum Gasteiger partial charge on any atom is 0.180 e. The van der Waals surface area contributed by atoms with Gasteiger partial charge in [0, 0.05) is 19.9 Å². The SMILES string of the molecule is CC(C)c1nc(N)sc1Cc1ccc(I)cc1Cl. The van der Waals surface area contributed by atoms with Crippen molar-refractivity contribution in [2.24, 2.45) is 0 Å². The monoisotopic (exact) mass is 392 g/mol. The van der Waals surface area contributed by atoms with Crippen LogP contribution < -0.4 is 5.73 Å². The van der Waals surface area contributed by atoms with Crippen molar-refractivity contribution in [1.82, 2.24) is 4.98 Å². The van der Waals surface area contributed by atoms with Crippen molar-refractivity contribution in [2.45, 2.75) is 26.2 Å². The summed E-state index contributed by atoms with van der Waals surface area (Å²) in [5.74, 6) is 0.385. The highest BCUT2D eigenvalue weighted by molar-refractivity contribution is 14.1. The van der Waals surface area contributed by atoms with Gasteiger partial charge in [0.2, 0.25) is 0 Å². The number of rotatable bonds is 3. The summed E-state index contributed by atoms with van der Waals surface area (Å²) < 4.78 is 1.15. The van der Waals surface area contributed by atoms with Crippen molar-refractivity contribution in [1.29, 1.82) is 0 Å². The number of aromatic nitrogens is 1. The summed E-state index contributed by atoms with van der Waals surface area (Å²) in [5.41, 5.74) is 8.02. The van der Waals surface area contributed by atoms with Crippen molar-refractivity contribution in [3.63, 3.8) is 0 Å². The third kappa shape index (κ3) is 3.16. The Morgan fingerprint density at radius 2 is 2.17 bits per heavy atom. The van der Waals surface area contributed by atoms with Crippen LogP contribution in [0.15, 0.2) is 18.2 Å². The van der Waals surface area contributed by atoms with Gasteiger partial charge in [-0.05, 0) is 46.2 Å². The second kappa shape index (κ2) is 5.75. The molecule has 96 valence electrons. The zero-order valence-electron chi connectivity index (χ0n) is 10.2. The summed E-state index contributed by atoms with van der Waals surface area (Å²) in [4.78, 5) is 5.62. The zero-order chi connectivity index (χ0) is 13.3. The molecule has 0 saturated carbocycles. The Kier molecular flexibility index (Phi) is 4.50. The Bertz CT molecular complexity index is 566. The molecule has 0 radical (unpaired) electrons. The number of hydrogen-bond donors (Lipinski definition) is 1. The predicted octanol–water partition coefficient (Wildman–Crippen LogP) is 4.70. The van der Waals surface area contributed by atoms with Crippen LogP contribution in [0.2, 0.25) is 5.02 Å². The molecule has 2 rings (SSSR count). The first-order valence-electron chi connectivity index (χ1n) is 5.66. The quantitative estimate of drug-likeness (QED) is 0.769. The minimum atomic E-state index is 0.385. The molecule has 2 aromatic rings. The fraction of sp³-hybridized carbons (Fsp3) is 0.308. The fourth-order valence-corrected chi connectivity index (χ4v) is 3.73. The smallest absolute Gasteiger partial charge is 0.180 e. The van der Waals surface area contributed by atoms with Gasteiger partial charge in [-0.25, -0.2) is 4.98 Å². The van der Waals surface area contributed by atoms with Crippen LogP contribution in [-0.2, 0) is 6.42 Å². The van der Waals surface area contributed by atoms with Gasteiger partial charge in [0.05, 0.1) is 5.69 Å². The highest BCUT2D eigenvalue weighted by atomic mass is 127. The summed E-state index contributed by atoms with van der Waals surface area (Å²) in [6.45, 7) is 4.26. The van der Waals surface area contributed by atoms with Crippen LogP contribution in [0.5, 0.6) is 0 Å². The molecular weight excluding hydrogens is 379 g/mol. The lowest BCUT2D eigenvalue weighted by Gasteiger charge is -2.07. The first-order chi connectivity index (χ1) is 8.47. The molecule has 2 N–H and O–H groups in total. The van der Waals surface area contributed by atoms with Gasteiger partial charge >= 0.3 is 0 Å². The molecule has 0 bridgehead atoms. The standard InChI is InChI=1S/C13H14ClIN2S/c1-7(2)12-11(18-13(16)17-12)5-8-3-4-9(15)6-10(8)14/h3-4,6-7H,5H2,1-2H3,(H2,16,17). The number of nitrogens with zero attached hydrogens (tertiary/aromatic N) is 1. The molecule has 0 aliphatic rings. The number of benzene rings is 1. The molecule has 0 atom stereocenters. The van der Waals surface area contributed by atoms with Crippen molar-refractivity contribution in [3.05, 3.63) is 42.9 Å². The van der Waals surface area contributed by atoms with Crippen molar-refractivity contribution in [2.75, 3.05) is 5.73 Å². The maximum absolute atomic E-state index is 6.27. The highest BCUT2D eigenvalue weighted by Gasteiger charge is 2.14. The third-order valence-electron chi connectivity index (χ3n) is 2.66. The van der Waals surface area contributed by atoms with Gasteiger partial charge in [-0.15, -0.1) is 11.3 Å². The molecule has 5 heteroatoms. The van der Waals surface area contributed by atoms with Gasteiger partial charge in [-0.1, -0.05) is 31.5 Å². The van der Waals surface area contributed by atoms with E-state index in [-0.39, 0.29) is 0 Å². The molecule has 0 spiro atoms. The average Bonchev–Trinajstić information content (AvgIpc) is 2.64. The zero-order valence-corrected chi connectivity index (χ0v) is 13.9. The molecule has 18 heavy (non-hydrogen) atoms. The lowest BCUT2D eigenvalue weighted by Crippen LogP contribution is -1.96. The molecule has 0 amide bonds. The van der Waals surface area contributed by atoms with Crippen LogP contribution in [0.4, 0.5) is 5.13 Å². The fourth-order valence-electron chi connectivity index (χ4n) is 1.80. The molecule has 0 aliphatic carbocycles. The van der Waals surface area contributed by atoms with Crippen LogP contribution >= 0.6 is 45.5 Å². The largest absolute Gasteiger partial charge is 0.375 e. The minimum absolute atomic E-state index is 0.385. The molecule has 0 unspecified atom stereocenters. The summed E-state index contributed by atoms with van der Waals surface area (Å²) in [6.07, 6.45) is 0.804. The topological polar surface area (TPSA) is 38.9 Å². The van der Waals surface area contributed by atoms with E-state index in [1.54, 1.807) is 11.3 Å². The Morgan fingerprint density at radius 1 is 1.44 bits per heavy atom. The number of thiazole rings is 1. The lowest BCUT2D eigenvalue weighted by atomic mass is 10.0. The number of nitrogens with two attached hydrogens (primary N) is 1. The summed E-state index contributed by atoms with van der Waals surface area (Å²) in [6, 6.07) is 6.13. The normalized spacial score (nSPS) is 11.2. The third-order valence-corrected chi connectivity index (χ3v) is 4.58. The van der Waals surface area contributed by atoms with E-state index in [9.17, 15) is 0 Å². The van der Waals surface area contributed by atoms with Crippen LogP contribution in [-0.4, -0.2) is 4.98 Å². The molecule has 1 aromatic carbocycles. The van der Waals surface area contributed by atoms with E-state index in [1.165, 1.54) is 4.88 Å². The van der Waals surface area contributed by atoms with Crippen molar-refractivity contribution in [3.8, 4) is 0 Å². The summed E-state index contributed by atoms with van der Waals surface area (Å²) in [5, 5.41) is 1.44. The van der Waals surface area contributed by atoms with E-state index >= 15 is 0 Å². The van der Waals surface area contributed by atoms with Gasteiger partial charge in [0.15, 0.2) is 5.13 Å². The first kappa shape index (κ1) is 14.1. The Morgan fingerprint density at radius 3 is 2.78 bits per heavy atom. The van der Waals surface area contributed by atoms with Crippen LogP contribution in [0, 0.1) is 3.57 Å². The van der Waals surface area contributed by atoms with E-state index < -0.39 is 0 Å². The molecule has 1 heterocycles. The summed E-state index contributed by atoms with van der Waals surface area (Å²) in [7, 11) is 0. The van der Waals surface area contributed by atoms with E-state index in [1.807, 2.05) is 6.07 Å². The van der Waals surface area contributed by atoms with Crippen LogP contribution in [0.1, 0.15) is 35.9 Å². The van der Waals surface area contributed by atoms with E-state index in [0.717, 1.165) is 26.3 Å². The number of hydrogen-bond acceptors (Lipinski definition) is 3. The Hall–Kier alpha value is -0.330.